The molecule has 0 heterocycles. The topological polar surface area (TPSA) is 118 Å². The van der Waals surface area contributed by atoms with E-state index in [-0.39, 0.29) is 24.6 Å². The Bertz CT molecular complexity index is 994. The first-order valence-electron chi connectivity index (χ1n) is 9.50. The van der Waals surface area contributed by atoms with Crippen molar-refractivity contribution in [2.45, 2.75) is 6.18 Å². The molecule has 0 radical (unpaired) electrons. The molecule has 0 saturated heterocycles. The van der Waals surface area contributed by atoms with Crippen molar-refractivity contribution in [2.24, 2.45) is 5.10 Å². The number of ether oxygens (including phenoxy) is 2. The fourth-order valence-electron chi connectivity index (χ4n) is 2.39. The van der Waals surface area contributed by atoms with Crippen LogP contribution in [0.5, 0.6) is 5.75 Å². The van der Waals surface area contributed by atoms with E-state index in [9.17, 15) is 27.6 Å². The molecule has 12 heteroatoms. The molecule has 0 aliphatic carbocycles. The number of halogens is 3. The first kappa shape index (κ1) is 25.3. The summed E-state index contributed by atoms with van der Waals surface area (Å²) in [5, 5.41) is 8.17. The Labute approximate surface area is 186 Å². The number of hydrogen-bond donors (Lipinski definition) is 3. The molecule has 0 unspecified atom stereocenters. The smallest absolute Gasteiger partial charge is 0.418 e. The van der Waals surface area contributed by atoms with E-state index in [1.54, 1.807) is 12.1 Å². The molecule has 0 atom stereocenters. The molecule has 0 aromatic heterocycles. The summed E-state index contributed by atoms with van der Waals surface area (Å²) in [5.41, 5.74) is 1.29. The first-order chi connectivity index (χ1) is 15.7. The highest BCUT2D eigenvalue weighted by atomic mass is 19.4. The van der Waals surface area contributed by atoms with Crippen molar-refractivity contribution in [3.8, 4) is 5.75 Å². The van der Waals surface area contributed by atoms with Crippen LogP contribution >= 0.6 is 0 Å². The number of amides is 3. The van der Waals surface area contributed by atoms with Crippen LogP contribution in [0.3, 0.4) is 0 Å². The third kappa shape index (κ3) is 8.61. The van der Waals surface area contributed by atoms with Gasteiger partial charge < -0.3 is 20.1 Å². The van der Waals surface area contributed by atoms with Crippen LogP contribution in [0.1, 0.15) is 11.1 Å². The SMILES string of the molecule is COCCNC(=O)C(=O)N/N=C\c1ccc(OCC(=O)Nc2ccccc2C(F)(F)F)cc1. The molecule has 176 valence electrons. The summed E-state index contributed by atoms with van der Waals surface area (Å²) < 4.78 is 49.0. The van der Waals surface area contributed by atoms with Crippen molar-refractivity contribution in [1.82, 2.24) is 10.7 Å². The predicted octanol–water partition coefficient (Wildman–Crippen LogP) is 1.94. The van der Waals surface area contributed by atoms with Crippen LogP contribution in [0, 0.1) is 0 Å². The molecule has 0 aliphatic heterocycles. The van der Waals surface area contributed by atoms with E-state index in [1.165, 1.54) is 37.6 Å². The zero-order valence-corrected chi connectivity index (χ0v) is 17.4. The van der Waals surface area contributed by atoms with Gasteiger partial charge in [-0.2, -0.15) is 18.3 Å². The van der Waals surface area contributed by atoms with Crippen molar-refractivity contribution < 1.29 is 37.0 Å². The molecule has 2 aromatic carbocycles. The van der Waals surface area contributed by atoms with Gasteiger partial charge in [0, 0.05) is 13.7 Å². The highest BCUT2D eigenvalue weighted by Gasteiger charge is 2.33. The number of carbonyl (C=O) groups excluding carboxylic acids is 3. The maximum absolute atomic E-state index is 13.0. The van der Waals surface area contributed by atoms with E-state index < -0.39 is 36.1 Å². The third-order valence-corrected chi connectivity index (χ3v) is 3.93. The van der Waals surface area contributed by atoms with Gasteiger partial charge in [-0.25, -0.2) is 5.43 Å². The third-order valence-electron chi connectivity index (χ3n) is 3.93. The van der Waals surface area contributed by atoms with Crippen LogP contribution in [-0.4, -0.2) is 50.8 Å². The molecule has 33 heavy (non-hydrogen) atoms. The highest BCUT2D eigenvalue weighted by Crippen LogP contribution is 2.34. The van der Waals surface area contributed by atoms with E-state index in [2.05, 4.69) is 21.2 Å². The first-order valence-corrected chi connectivity index (χ1v) is 9.50. The predicted molar refractivity (Wildman–Crippen MR) is 113 cm³/mol. The molecule has 0 fully saturated rings. The summed E-state index contributed by atoms with van der Waals surface area (Å²) in [7, 11) is 1.46. The van der Waals surface area contributed by atoms with Gasteiger partial charge >= 0.3 is 18.0 Å². The number of anilines is 1. The van der Waals surface area contributed by atoms with Crippen molar-refractivity contribution in [3.63, 3.8) is 0 Å². The molecule has 0 spiro atoms. The molecule has 2 rings (SSSR count). The quantitative estimate of drug-likeness (QED) is 0.226. The summed E-state index contributed by atoms with van der Waals surface area (Å²) in [6.07, 6.45) is -3.32. The van der Waals surface area contributed by atoms with Crippen LogP contribution in [0.25, 0.3) is 0 Å². The molecular weight excluding hydrogens is 445 g/mol. The van der Waals surface area contributed by atoms with Gasteiger partial charge in [0.25, 0.3) is 5.91 Å². The molecule has 0 aliphatic rings. The maximum atomic E-state index is 13.0. The largest absolute Gasteiger partial charge is 0.484 e. The summed E-state index contributed by atoms with van der Waals surface area (Å²) in [5.74, 6) is -2.28. The summed E-state index contributed by atoms with van der Waals surface area (Å²) in [4.78, 5) is 35.0. The Balaban J connectivity index is 1.82. The summed E-state index contributed by atoms with van der Waals surface area (Å²) in [6.45, 7) is -0.0616. The molecule has 3 N–H and O–H groups in total. The Morgan fingerprint density at radius 2 is 1.73 bits per heavy atom. The van der Waals surface area contributed by atoms with Gasteiger partial charge in [0.2, 0.25) is 0 Å². The van der Waals surface area contributed by atoms with Gasteiger partial charge in [-0.05, 0) is 42.0 Å². The van der Waals surface area contributed by atoms with Crippen molar-refractivity contribution >= 4 is 29.6 Å². The van der Waals surface area contributed by atoms with Crippen molar-refractivity contribution in [2.75, 3.05) is 32.2 Å². The molecule has 0 bridgehead atoms. The minimum absolute atomic E-state index is 0.181. The second-order valence-corrected chi connectivity index (χ2v) is 6.40. The number of carbonyl (C=O) groups is 3. The minimum atomic E-state index is -4.60. The fraction of sp³-hybridized carbons (Fsp3) is 0.238. The number of rotatable bonds is 9. The van der Waals surface area contributed by atoms with Gasteiger partial charge in [-0.3, -0.25) is 14.4 Å². The number of alkyl halides is 3. The number of para-hydroxylation sites is 1. The summed E-state index contributed by atoms with van der Waals surface area (Å²) >= 11 is 0. The Morgan fingerprint density at radius 1 is 1.03 bits per heavy atom. The molecule has 9 nitrogen and oxygen atoms in total. The number of methoxy groups -OCH3 is 1. The van der Waals surface area contributed by atoms with Gasteiger partial charge in [0.1, 0.15) is 5.75 Å². The van der Waals surface area contributed by atoms with Crippen LogP contribution in [0.15, 0.2) is 53.6 Å². The van der Waals surface area contributed by atoms with Crippen molar-refractivity contribution in [1.29, 1.82) is 0 Å². The van der Waals surface area contributed by atoms with E-state index >= 15 is 0 Å². The monoisotopic (exact) mass is 466 g/mol. The van der Waals surface area contributed by atoms with Gasteiger partial charge in [-0.1, -0.05) is 12.1 Å². The number of nitrogens with zero attached hydrogens (tertiary/aromatic N) is 1. The van der Waals surface area contributed by atoms with Gasteiger partial charge in [0.05, 0.1) is 24.1 Å². The number of hydrogen-bond acceptors (Lipinski definition) is 6. The van der Waals surface area contributed by atoms with Crippen molar-refractivity contribution in [3.05, 3.63) is 59.7 Å². The Kier molecular flexibility index (Phi) is 9.36. The zero-order valence-electron chi connectivity index (χ0n) is 17.4. The minimum Gasteiger partial charge on any atom is -0.484 e. The maximum Gasteiger partial charge on any atom is 0.418 e. The van der Waals surface area contributed by atoms with E-state index in [0.717, 1.165) is 12.1 Å². The standard InChI is InChI=1S/C21H21F3N4O5/c1-32-11-10-25-19(30)20(31)28-26-12-14-6-8-15(9-7-14)33-13-18(29)27-17-5-3-2-4-16(17)21(22,23)24/h2-9,12H,10-11,13H2,1H3,(H,25,30)(H,27,29)(H,28,31)/b26-12-. The number of benzene rings is 2. The fourth-order valence-corrected chi connectivity index (χ4v) is 2.39. The Hall–Kier alpha value is -3.93. The Morgan fingerprint density at radius 3 is 2.39 bits per heavy atom. The lowest BCUT2D eigenvalue weighted by Gasteiger charge is -2.13. The van der Waals surface area contributed by atoms with Crippen LogP contribution in [0.2, 0.25) is 0 Å². The van der Waals surface area contributed by atoms with Gasteiger partial charge in [-0.15, -0.1) is 0 Å². The van der Waals surface area contributed by atoms with Crippen LogP contribution < -0.4 is 20.8 Å². The molecule has 0 saturated carbocycles. The lowest BCUT2D eigenvalue weighted by Crippen LogP contribution is -2.39. The number of nitrogens with one attached hydrogen (secondary N) is 3. The zero-order chi connectivity index (χ0) is 24.3. The van der Waals surface area contributed by atoms with Crippen LogP contribution in [0.4, 0.5) is 18.9 Å². The highest BCUT2D eigenvalue weighted by molar-refractivity contribution is 6.35. The second kappa shape index (κ2) is 12.2. The van der Waals surface area contributed by atoms with E-state index in [1.807, 2.05) is 0 Å². The average molecular weight is 466 g/mol. The van der Waals surface area contributed by atoms with E-state index in [4.69, 9.17) is 9.47 Å². The second-order valence-electron chi connectivity index (χ2n) is 6.40. The van der Waals surface area contributed by atoms with Crippen LogP contribution in [-0.2, 0) is 25.3 Å². The molecule has 2 aromatic rings. The molecular formula is C21H21F3N4O5. The summed E-state index contributed by atoms with van der Waals surface area (Å²) in [6, 6.07) is 10.7. The van der Waals surface area contributed by atoms with Gasteiger partial charge in [0.15, 0.2) is 6.61 Å². The lowest BCUT2D eigenvalue weighted by molar-refractivity contribution is -0.139. The number of hydrazone groups is 1. The normalized spacial score (nSPS) is 11.2. The lowest BCUT2D eigenvalue weighted by atomic mass is 10.1. The molecule has 3 amide bonds. The van der Waals surface area contributed by atoms with E-state index in [0.29, 0.717) is 5.56 Å². The average Bonchev–Trinajstić information content (AvgIpc) is 2.78.